The number of unbranched alkanes of at least 4 members (excludes halogenated alkanes) is 4. The number of ketones is 3. The van der Waals surface area contributed by atoms with Gasteiger partial charge in [-0.25, -0.2) is 14.4 Å². The van der Waals surface area contributed by atoms with Crippen LogP contribution in [0.4, 0.5) is 9.59 Å². The molecule has 5 heterocycles. The highest BCUT2D eigenvalue weighted by atomic mass is 32.2. The Hall–Kier alpha value is -5.19. The second kappa shape index (κ2) is 32.3. The quantitative estimate of drug-likeness (QED) is 0.0215. The number of ether oxygens (including phenoxy) is 3. The highest BCUT2D eigenvalue weighted by molar-refractivity contribution is 8.00. The van der Waals surface area contributed by atoms with Crippen LogP contribution in [0.15, 0.2) is 18.2 Å². The molecule has 0 spiro atoms. The number of nitrogens with one attached hydrogen (secondary N) is 6. The topological polar surface area (TPSA) is 337 Å². The molecule has 5 aliphatic rings. The van der Waals surface area contributed by atoms with Gasteiger partial charge >= 0.3 is 18.0 Å². The van der Waals surface area contributed by atoms with Crippen LogP contribution in [0.25, 0.3) is 0 Å². The van der Waals surface area contributed by atoms with Crippen molar-refractivity contribution in [3.8, 4) is 0 Å². The van der Waals surface area contributed by atoms with Gasteiger partial charge in [0, 0.05) is 85.6 Å². The van der Waals surface area contributed by atoms with Gasteiger partial charge in [-0.05, 0) is 68.2 Å². The summed E-state index contributed by atoms with van der Waals surface area (Å²) in [4.78, 5) is 129. The highest BCUT2D eigenvalue weighted by Crippen LogP contribution is 2.34. The molecule has 5 fully saturated rings. The average molecular weight is 1170 g/mol. The number of imide groups is 1. The van der Waals surface area contributed by atoms with E-state index in [2.05, 4.69) is 36.7 Å². The SMILES string of the molecule is O=C(CCCCCC(=O)Cc1cc(CC(=O)CCCNC(=O)CCCCC2SCC3NC(=O)NC32)cc(C(=O)NCCOCCOCCOCCC(=O)ON2C(=O)CC(S(=O)(=O)O)C2=O)c1)CCCCC1SCC2NC(=O)NC21. The van der Waals surface area contributed by atoms with Gasteiger partial charge in [0.2, 0.25) is 5.91 Å². The van der Waals surface area contributed by atoms with Gasteiger partial charge in [-0.3, -0.25) is 38.1 Å². The van der Waals surface area contributed by atoms with Gasteiger partial charge < -0.3 is 50.9 Å². The summed E-state index contributed by atoms with van der Waals surface area (Å²) in [6, 6.07) is 5.46. The molecule has 7 N–H and O–H groups in total. The zero-order valence-corrected chi connectivity index (χ0v) is 46.9. The third-order valence-corrected chi connectivity index (χ3v) is 18.1. The number of hydrogen-bond donors (Lipinski definition) is 7. The predicted octanol–water partition coefficient (Wildman–Crippen LogP) is 2.42. The van der Waals surface area contributed by atoms with Gasteiger partial charge in [0.25, 0.3) is 27.8 Å². The average Bonchev–Trinajstić information content (AvgIpc) is 4.28. The molecular weight excluding hydrogens is 1090 g/mol. The summed E-state index contributed by atoms with van der Waals surface area (Å²) in [6.07, 6.45) is 8.44. The van der Waals surface area contributed by atoms with Crippen molar-refractivity contribution in [3.63, 3.8) is 0 Å². The molecule has 6 rings (SSSR count). The molecule has 79 heavy (non-hydrogen) atoms. The Morgan fingerprint density at radius 3 is 1.68 bits per heavy atom. The summed E-state index contributed by atoms with van der Waals surface area (Å²) >= 11 is 3.71. The second-order valence-corrected chi connectivity index (χ2v) is 24.4. The lowest BCUT2D eigenvalue weighted by molar-refractivity contribution is -0.198. The Morgan fingerprint density at radius 1 is 0.595 bits per heavy atom. The minimum atomic E-state index is -4.84. The maximum atomic E-state index is 13.4. The highest BCUT2D eigenvalue weighted by Gasteiger charge is 2.48. The molecule has 0 aliphatic carbocycles. The molecule has 438 valence electrons. The lowest BCUT2D eigenvalue weighted by Crippen LogP contribution is -2.36. The van der Waals surface area contributed by atoms with Crippen LogP contribution in [-0.2, 0) is 75.6 Å². The van der Waals surface area contributed by atoms with Crippen molar-refractivity contribution in [1.29, 1.82) is 0 Å². The molecule has 1 aromatic carbocycles. The van der Waals surface area contributed by atoms with Crippen molar-refractivity contribution >= 4 is 92.7 Å². The Morgan fingerprint density at radius 2 is 1.11 bits per heavy atom. The molecule has 5 aliphatic heterocycles. The number of nitrogens with zero attached hydrogens (tertiary/aromatic N) is 1. The van der Waals surface area contributed by atoms with Crippen LogP contribution in [0, 0.1) is 0 Å². The molecule has 0 aromatic heterocycles. The minimum absolute atomic E-state index is 0.0187. The number of hydroxylamine groups is 2. The Bertz CT molecular complexity index is 2450. The molecule has 8 amide bonds. The Balaban J connectivity index is 0.850. The number of amides is 8. The lowest BCUT2D eigenvalue weighted by Gasteiger charge is -2.16. The summed E-state index contributed by atoms with van der Waals surface area (Å²) in [5, 5.41) is 16.3. The third kappa shape index (κ3) is 21.3. The number of Topliss-reactive ketones (excluding diaryl/α,β-unsaturated/α-hetero) is 3. The number of carbonyl (C=O) groups excluding carboxylic acids is 10. The zero-order valence-electron chi connectivity index (χ0n) is 44.4. The standard InChI is InChI=1S/C52H75N7O17S3/c60-36(10-4-5-13-41-47-39(31-77-41)55-51(68)57-47)9-2-1-3-11-37(61)28-33-25-34(29-38(62)12-8-17-53-44(63)15-7-6-14-42-48-40(32-78-42)56-52(69)58-48)27-35(26-33)49(66)54-18-20-74-22-24-75-23-21-73-19-16-46(65)76-59-45(64)30-43(50(59)67)79(70,71)72/h25-27,39-43,47-48H,1-24,28-32H2,(H,53,63)(H,54,66)(H2,55,57,68)(H2,56,58,69)(H,70,71,72). The van der Waals surface area contributed by atoms with Crippen LogP contribution in [0.1, 0.15) is 131 Å². The van der Waals surface area contributed by atoms with E-state index in [-0.39, 0.29) is 142 Å². The van der Waals surface area contributed by atoms with Crippen molar-refractivity contribution in [3.05, 3.63) is 34.9 Å². The fourth-order valence-electron chi connectivity index (χ4n) is 9.96. The summed E-state index contributed by atoms with van der Waals surface area (Å²) in [6.45, 7) is 1.04. The van der Waals surface area contributed by atoms with Crippen molar-refractivity contribution in [2.45, 2.75) is 162 Å². The maximum absolute atomic E-state index is 13.4. The van der Waals surface area contributed by atoms with Gasteiger partial charge in [-0.15, -0.1) is 5.06 Å². The zero-order chi connectivity index (χ0) is 56.7. The molecule has 7 unspecified atom stereocenters. The Labute approximate surface area is 468 Å². The first-order chi connectivity index (χ1) is 37.9. The normalized spacial score (nSPS) is 22.2. The van der Waals surface area contributed by atoms with Crippen LogP contribution >= 0.6 is 23.5 Å². The van der Waals surface area contributed by atoms with Gasteiger partial charge in [-0.1, -0.05) is 25.3 Å². The summed E-state index contributed by atoms with van der Waals surface area (Å²) in [5.74, 6) is -2.07. The van der Waals surface area contributed by atoms with E-state index in [1.165, 1.54) is 0 Å². The molecule has 0 bridgehead atoms. The second-order valence-electron chi connectivity index (χ2n) is 20.3. The number of urea groups is 2. The van der Waals surface area contributed by atoms with Crippen LogP contribution in [0.5, 0.6) is 0 Å². The van der Waals surface area contributed by atoms with E-state index in [9.17, 15) is 56.4 Å². The first-order valence-corrected chi connectivity index (χ1v) is 30.9. The number of fused-ring (bicyclic) bond motifs is 2. The van der Waals surface area contributed by atoms with E-state index in [4.69, 9.17) is 18.8 Å². The lowest BCUT2D eigenvalue weighted by atomic mass is 9.96. The molecule has 5 saturated heterocycles. The van der Waals surface area contributed by atoms with Crippen molar-refractivity contribution < 1.29 is 80.0 Å². The molecule has 24 nitrogen and oxygen atoms in total. The monoisotopic (exact) mass is 1170 g/mol. The van der Waals surface area contributed by atoms with Crippen molar-refractivity contribution in [2.24, 2.45) is 0 Å². The molecule has 7 atom stereocenters. The molecule has 1 aromatic rings. The van der Waals surface area contributed by atoms with Gasteiger partial charge in [0.1, 0.15) is 17.3 Å². The maximum Gasteiger partial charge on any atom is 0.335 e. The summed E-state index contributed by atoms with van der Waals surface area (Å²) in [7, 11) is -4.84. The van der Waals surface area contributed by atoms with Crippen LogP contribution < -0.4 is 31.9 Å². The third-order valence-electron chi connectivity index (χ3n) is 14.0. The summed E-state index contributed by atoms with van der Waals surface area (Å²) < 4.78 is 47.9. The van der Waals surface area contributed by atoms with Crippen molar-refractivity contribution in [2.75, 3.05) is 64.2 Å². The number of thioether (sulfide) groups is 2. The minimum Gasteiger partial charge on any atom is -0.378 e. The van der Waals surface area contributed by atoms with Crippen LogP contribution in [0.3, 0.4) is 0 Å². The van der Waals surface area contributed by atoms with E-state index in [0.29, 0.717) is 73.1 Å². The van der Waals surface area contributed by atoms with Crippen molar-refractivity contribution in [1.82, 2.24) is 37.0 Å². The van der Waals surface area contributed by atoms with E-state index in [1.54, 1.807) is 18.2 Å². The van der Waals surface area contributed by atoms with Gasteiger partial charge in [-0.2, -0.15) is 31.9 Å². The van der Waals surface area contributed by atoms with E-state index < -0.39 is 45.5 Å². The number of rotatable bonds is 39. The van der Waals surface area contributed by atoms with E-state index in [1.807, 2.05) is 23.5 Å². The fourth-order valence-corrected chi connectivity index (χ4v) is 13.7. The van der Waals surface area contributed by atoms with Gasteiger partial charge in [0.15, 0.2) is 5.25 Å². The Kier molecular flexibility index (Phi) is 25.8. The number of hydrogen-bond acceptors (Lipinski definition) is 18. The molecule has 0 saturated carbocycles. The van der Waals surface area contributed by atoms with E-state index in [0.717, 1.165) is 56.5 Å². The number of benzene rings is 1. The molecule has 0 radical (unpaired) electrons. The van der Waals surface area contributed by atoms with Crippen LogP contribution in [0.2, 0.25) is 0 Å². The molecule has 27 heteroatoms. The van der Waals surface area contributed by atoms with Gasteiger partial charge in [0.05, 0.1) is 76.7 Å². The van der Waals surface area contributed by atoms with Crippen LogP contribution in [-0.4, -0.2) is 181 Å². The molecular formula is C52H75N7O17S3. The first kappa shape index (κ1) is 63.0. The number of carbonyl (C=O) groups is 10. The predicted molar refractivity (Wildman–Crippen MR) is 289 cm³/mol. The largest absolute Gasteiger partial charge is 0.378 e. The van der Waals surface area contributed by atoms with E-state index >= 15 is 0 Å². The first-order valence-electron chi connectivity index (χ1n) is 27.3. The summed E-state index contributed by atoms with van der Waals surface area (Å²) in [5.41, 5.74) is 1.46. The smallest absolute Gasteiger partial charge is 0.335 e. The fraction of sp³-hybridized carbons (Fsp3) is 0.692.